The molecule has 2 rings (SSSR count). The molecule has 1 amide bonds. The van der Waals surface area contributed by atoms with Crippen molar-refractivity contribution in [3.63, 3.8) is 0 Å². The first-order valence-corrected chi connectivity index (χ1v) is 8.18. The average molecular weight is 345 g/mol. The Bertz CT molecular complexity index is 720. The second-order valence-corrected chi connectivity index (χ2v) is 6.88. The van der Waals surface area contributed by atoms with Crippen molar-refractivity contribution in [2.75, 3.05) is 5.32 Å². The summed E-state index contributed by atoms with van der Waals surface area (Å²) in [5.74, 6) is -0.0177. The summed E-state index contributed by atoms with van der Waals surface area (Å²) in [7, 11) is -1.51. The van der Waals surface area contributed by atoms with E-state index in [4.69, 9.17) is 16.1 Å². The molecule has 0 unspecified atom stereocenters. The molecule has 0 bridgehead atoms. The van der Waals surface area contributed by atoms with E-state index in [9.17, 15) is 13.4 Å². The van der Waals surface area contributed by atoms with Crippen LogP contribution in [0.4, 0.5) is 10.2 Å². The van der Waals surface area contributed by atoms with Crippen LogP contribution in [0.1, 0.15) is 18.2 Å². The zero-order chi connectivity index (χ0) is 16.3. The molecule has 8 heteroatoms. The van der Waals surface area contributed by atoms with Gasteiger partial charge in [0.1, 0.15) is 16.8 Å². The number of nitrogens with zero attached hydrogens (tertiary/aromatic N) is 1. The number of rotatable bonds is 5. The Morgan fingerprint density at radius 1 is 1.50 bits per heavy atom. The van der Waals surface area contributed by atoms with Crippen LogP contribution in [-0.2, 0) is 21.3 Å². The van der Waals surface area contributed by atoms with Gasteiger partial charge in [-0.1, -0.05) is 22.8 Å². The Morgan fingerprint density at radius 3 is 2.82 bits per heavy atom. The van der Waals surface area contributed by atoms with Crippen molar-refractivity contribution in [2.45, 2.75) is 24.9 Å². The van der Waals surface area contributed by atoms with E-state index in [1.807, 2.05) is 0 Å². The van der Waals surface area contributed by atoms with Gasteiger partial charge in [-0.3, -0.25) is 9.00 Å². The molecule has 5 nitrogen and oxygen atoms in total. The zero-order valence-electron chi connectivity index (χ0n) is 11.9. The van der Waals surface area contributed by atoms with Crippen LogP contribution in [-0.4, -0.2) is 20.5 Å². The maximum Gasteiger partial charge on any atom is 0.241 e. The number of carbonyl (C=O) groups is 1. The van der Waals surface area contributed by atoms with Gasteiger partial charge in [0.25, 0.3) is 0 Å². The SMILES string of the molecule is Cc1cc(NC(=O)[C@H](C)[S@@](=O)Cc2ccc(F)cc2Cl)no1. The smallest absolute Gasteiger partial charge is 0.241 e. The van der Waals surface area contributed by atoms with Gasteiger partial charge in [-0.2, -0.15) is 0 Å². The number of aryl methyl sites for hydroxylation is 1. The number of nitrogens with one attached hydrogen (secondary N) is 1. The first-order chi connectivity index (χ1) is 10.4. The Balaban J connectivity index is 2.00. The lowest BCUT2D eigenvalue weighted by atomic mass is 10.2. The van der Waals surface area contributed by atoms with E-state index in [0.29, 0.717) is 11.3 Å². The van der Waals surface area contributed by atoms with E-state index in [-0.39, 0.29) is 16.6 Å². The van der Waals surface area contributed by atoms with E-state index in [1.54, 1.807) is 13.0 Å². The van der Waals surface area contributed by atoms with Gasteiger partial charge in [-0.15, -0.1) is 0 Å². The van der Waals surface area contributed by atoms with Crippen LogP contribution in [0, 0.1) is 12.7 Å². The number of amides is 1. The van der Waals surface area contributed by atoms with Crippen LogP contribution in [0.25, 0.3) is 0 Å². The average Bonchev–Trinajstić information content (AvgIpc) is 2.86. The number of halogens is 2. The molecule has 0 saturated carbocycles. The molecule has 1 N–H and O–H groups in total. The van der Waals surface area contributed by atoms with Crippen molar-refractivity contribution in [1.29, 1.82) is 0 Å². The molecule has 0 aliphatic heterocycles. The first kappa shape index (κ1) is 16.6. The predicted molar refractivity (Wildman–Crippen MR) is 82.6 cm³/mol. The summed E-state index contributed by atoms with van der Waals surface area (Å²) >= 11 is 5.89. The lowest BCUT2D eigenvalue weighted by Crippen LogP contribution is -2.29. The highest BCUT2D eigenvalue weighted by atomic mass is 35.5. The fraction of sp³-hybridized carbons (Fsp3) is 0.286. The molecule has 22 heavy (non-hydrogen) atoms. The molecule has 0 aliphatic carbocycles. The van der Waals surface area contributed by atoms with Gasteiger partial charge in [0.05, 0.1) is 5.75 Å². The minimum absolute atomic E-state index is 0.0611. The third kappa shape index (κ3) is 4.14. The summed E-state index contributed by atoms with van der Waals surface area (Å²) < 4.78 is 30.1. The molecular formula is C14H14ClFN2O3S. The highest BCUT2D eigenvalue weighted by Crippen LogP contribution is 2.20. The number of anilines is 1. The number of benzene rings is 1. The van der Waals surface area contributed by atoms with E-state index < -0.39 is 27.8 Å². The fourth-order valence-corrected chi connectivity index (χ4v) is 3.11. The second-order valence-electron chi connectivity index (χ2n) is 4.72. The molecule has 1 heterocycles. The molecule has 0 fully saturated rings. The number of hydrogen-bond donors (Lipinski definition) is 1. The van der Waals surface area contributed by atoms with Crippen molar-refractivity contribution < 1.29 is 17.9 Å². The standard InChI is InChI=1S/C14H14ClFN2O3S/c1-8-5-13(18-21-8)17-14(19)9(2)22(20)7-10-3-4-11(16)6-12(10)15/h3-6,9H,7H2,1-2H3,(H,17,18,19)/t9-,22-/m0/s1. The Hall–Kier alpha value is -1.73. The summed E-state index contributed by atoms with van der Waals surface area (Å²) in [6.45, 7) is 3.23. The summed E-state index contributed by atoms with van der Waals surface area (Å²) in [4.78, 5) is 12.0. The third-order valence-electron chi connectivity index (χ3n) is 2.96. The molecule has 2 atom stereocenters. The van der Waals surface area contributed by atoms with Crippen LogP contribution in [0.15, 0.2) is 28.8 Å². The van der Waals surface area contributed by atoms with Crippen molar-refractivity contribution in [3.05, 3.63) is 46.4 Å². The lowest BCUT2D eigenvalue weighted by molar-refractivity contribution is -0.115. The van der Waals surface area contributed by atoms with Gasteiger partial charge in [-0.25, -0.2) is 4.39 Å². The second kappa shape index (κ2) is 7.02. The van der Waals surface area contributed by atoms with Crippen molar-refractivity contribution in [3.8, 4) is 0 Å². The minimum Gasteiger partial charge on any atom is -0.360 e. The molecular weight excluding hydrogens is 331 g/mol. The highest BCUT2D eigenvalue weighted by molar-refractivity contribution is 7.85. The molecule has 118 valence electrons. The zero-order valence-corrected chi connectivity index (χ0v) is 13.5. The van der Waals surface area contributed by atoms with E-state index >= 15 is 0 Å². The molecule has 0 aliphatic rings. The van der Waals surface area contributed by atoms with Gasteiger partial charge in [0.2, 0.25) is 5.91 Å². The Labute approximate surface area is 134 Å². The monoisotopic (exact) mass is 344 g/mol. The number of aromatic nitrogens is 1. The van der Waals surface area contributed by atoms with Gasteiger partial charge < -0.3 is 9.84 Å². The predicted octanol–water partition coefficient (Wildman–Crippen LogP) is 3.05. The first-order valence-electron chi connectivity index (χ1n) is 6.42. The third-order valence-corrected chi connectivity index (χ3v) is 4.91. The van der Waals surface area contributed by atoms with Crippen molar-refractivity contribution >= 4 is 34.1 Å². The summed E-state index contributed by atoms with van der Waals surface area (Å²) in [6.07, 6.45) is 0. The lowest BCUT2D eigenvalue weighted by Gasteiger charge is -2.11. The van der Waals surface area contributed by atoms with E-state index in [0.717, 1.165) is 6.07 Å². The molecule has 0 radical (unpaired) electrons. The van der Waals surface area contributed by atoms with Gasteiger partial charge in [-0.05, 0) is 31.5 Å². The largest absolute Gasteiger partial charge is 0.360 e. The maximum atomic E-state index is 13.0. The van der Waals surface area contributed by atoms with E-state index in [2.05, 4.69) is 10.5 Å². The molecule has 0 saturated heterocycles. The minimum atomic E-state index is -1.51. The van der Waals surface area contributed by atoms with Crippen LogP contribution in [0.3, 0.4) is 0 Å². The fourth-order valence-electron chi connectivity index (χ4n) is 1.69. The number of carbonyl (C=O) groups excluding carboxylic acids is 1. The molecule has 1 aromatic carbocycles. The van der Waals surface area contributed by atoms with Crippen LogP contribution >= 0.6 is 11.6 Å². The Morgan fingerprint density at radius 2 is 2.23 bits per heavy atom. The normalized spacial score (nSPS) is 13.6. The summed E-state index contributed by atoms with van der Waals surface area (Å²) in [5, 5.41) is 5.57. The van der Waals surface area contributed by atoms with Crippen molar-refractivity contribution in [2.24, 2.45) is 0 Å². The van der Waals surface area contributed by atoms with Gasteiger partial charge in [0, 0.05) is 21.9 Å². The van der Waals surface area contributed by atoms with Crippen LogP contribution in [0.2, 0.25) is 5.02 Å². The van der Waals surface area contributed by atoms with Crippen LogP contribution in [0.5, 0.6) is 0 Å². The summed E-state index contributed by atoms with van der Waals surface area (Å²) in [6, 6.07) is 5.41. The van der Waals surface area contributed by atoms with Gasteiger partial charge in [0.15, 0.2) is 5.82 Å². The van der Waals surface area contributed by atoms with E-state index in [1.165, 1.54) is 19.1 Å². The quantitative estimate of drug-likeness (QED) is 0.904. The van der Waals surface area contributed by atoms with Crippen LogP contribution < -0.4 is 5.32 Å². The molecule has 2 aromatic rings. The number of hydrogen-bond acceptors (Lipinski definition) is 4. The highest BCUT2D eigenvalue weighted by Gasteiger charge is 2.22. The topological polar surface area (TPSA) is 72.2 Å². The van der Waals surface area contributed by atoms with Gasteiger partial charge >= 0.3 is 0 Å². The maximum absolute atomic E-state index is 13.0. The molecule has 0 spiro atoms. The Kier molecular flexibility index (Phi) is 5.31. The van der Waals surface area contributed by atoms with Crippen molar-refractivity contribution in [1.82, 2.24) is 5.16 Å². The summed E-state index contributed by atoms with van der Waals surface area (Å²) in [5.41, 5.74) is 0.526. The molecule has 1 aromatic heterocycles.